The van der Waals surface area contributed by atoms with Crippen molar-refractivity contribution in [3.63, 3.8) is 0 Å². The summed E-state index contributed by atoms with van der Waals surface area (Å²) < 4.78 is 1.95. The molecule has 1 aromatic carbocycles. The number of aromatic nitrogens is 1. The van der Waals surface area contributed by atoms with Gasteiger partial charge in [0.15, 0.2) is 0 Å². The van der Waals surface area contributed by atoms with Gasteiger partial charge in [0, 0.05) is 56.9 Å². The van der Waals surface area contributed by atoms with Crippen molar-refractivity contribution in [3.05, 3.63) is 63.8 Å². The second-order valence-corrected chi connectivity index (χ2v) is 9.38. The minimum Gasteiger partial charge on any atom is -0.394 e. The largest absolute Gasteiger partial charge is 0.394 e. The van der Waals surface area contributed by atoms with Crippen LogP contribution in [-0.2, 0) is 11.8 Å². The van der Waals surface area contributed by atoms with Crippen LogP contribution in [-0.4, -0.2) is 83.0 Å². The van der Waals surface area contributed by atoms with E-state index in [1.54, 1.807) is 6.92 Å². The summed E-state index contributed by atoms with van der Waals surface area (Å²) in [6.07, 6.45) is 3.25. The van der Waals surface area contributed by atoms with Crippen molar-refractivity contribution >= 4 is 24.1 Å². The summed E-state index contributed by atoms with van der Waals surface area (Å²) >= 11 is 0. The molecular weight excluding hydrogens is 466 g/mol. The Balaban J connectivity index is 1.88. The Kier molecular flexibility index (Phi) is 9.48. The molecule has 1 atom stereocenters. The number of nitrogens with one attached hydrogen (secondary N) is 1. The van der Waals surface area contributed by atoms with Gasteiger partial charge in [-0.05, 0) is 66.7 Å². The Bertz CT molecular complexity index is 1340. The Morgan fingerprint density at radius 3 is 2.51 bits per heavy atom. The second kappa shape index (κ2) is 12.5. The molecule has 2 heterocycles. The number of allylic oxidation sites excluding steroid dienone is 3. The summed E-state index contributed by atoms with van der Waals surface area (Å²) in [4.78, 5) is 17.2. The van der Waals surface area contributed by atoms with Gasteiger partial charge in [-0.2, -0.15) is 5.26 Å². The summed E-state index contributed by atoms with van der Waals surface area (Å²) in [5.41, 5.74) is 4.34. The molecule has 3 N–H and O–H groups in total. The van der Waals surface area contributed by atoms with Crippen LogP contribution in [0.3, 0.4) is 0 Å². The quantitative estimate of drug-likeness (QED) is 0.364. The molecule has 8 nitrogen and oxygen atoms in total. The zero-order valence-electron chi connectivity index (χ0n) is 22.2. The van der Waals surface area contributed by atoms with Gasteiger partial charge < -0.3 is 29.9 Å². The fourth-order valence-electron chi connectivity index (χ4n) is 4.46. The molecular formula is C29H37N5O3. The first-order valence-electron chi connectivity index (χ1n) is 12.4. The van der Waals surface area contributed by atoms with Crippen molar-refractivity contribution in [1.82, 2.24) is 19.7 Å². The Labute approximate surface area is 218 Å². The lowest BCUT2D eigenvalue weighted by molar-refractivity contribution is -0.117. The number of aliphatic hydroxyl groups is 2. The number of hydrogen-bond acceptors (Lipinski definition) is 6. The van der Waals surface area contributed by atoms with Crippen molar-refractivity contribution in [2.45, 2.75) is 20.0 Å². The van der Waals surface area contributed by atoms with E-state index >= 15 is 0 Å². The molecule has 0 bridgehead atoms. The molecule has 0 aliphatic carbocycles. The number of likely N-dealkylation sites (N-methyl/N-ethyl adjacent to an activating group) is 1. The van der Waals surface area contributed by atoms with Crippen LogP contribution in [0.5, 0.6) is 0 Å². The van der Waals surface area contributed by atoms with Crippen LogP contribution in [0.4, 0.5) is 0 Å². The molecule has 0 spiro atoms. The summed E-state index contributed by atoms with van der Waals surface area (Å²) in [6.45, 7) is 11.6. The highest BCUT2D eigenvalue weighted by molar-refractivity contribution is 6.04. The molecule has 3 rings (SSSR count). The molecule has 1 aliphatic heterocycles. The minimum absolute atomic E-state index is 0.0385. The van der Waals surface area contributed by atoms with Gasteiger partial charge in [0.05, 0.1) is 12.7 Å². The summed E-state index contributed by atoms with van der Waals surface area (Å²) in [6, 6.07) is 12.0. The van der Waals surface area contributed by atoms with E-state index in [0.717, 1.165) is 53.6 Å². The smallest absolute Gasteiger partial charge is 0.262 e. The summed E-state index contributed by atoms with van der Waals surface area (Å²) in [5, 5.41) is 32.5. The number of benzene rings is 1. The normalized spacial score (nSPS) is 16.8. The van der Waals surface area contributed by atoms with Crippen LogP contribution >= 0.6 is 0 Å². The van der Waals surface area contributed by atoms with E-state index in [4.69, 9.17) is 5.11 Å². The van der Waals surface area contributed by atoms with Crippen molar-refractivity contribution in [2.75, 3.05) is 46.4 Å². The predicted molar refractivity (Wildman–Crippen MR) is 147 cm³/mol. The molecule has 37 heavy (non-hydrogen) atoms. The topological polar surface area (TPSA) is 105 Å². The van der Waals surface area contributed by atoms with E-state index in [1.165, 1.54) is 5.70 Å². The van der Waals surface area contributed by atoms with Gasteiger partial charge in [-0.25, -0.2) is 0 Å². The molecule has 0 saturated carbocycles. The first-order chi connectivity index (χ1) is 17.7. The Morgan fingerprint density at radius 2 is 1.92 bits per heavy atom. The van der Waals surface area contributed by atoms with Gasteiger partial charge in [-0.3, -0.25) is 4.79 Å². The maximum absolute atomic E-state index is 12.5. The van der Waals surface area contributed by atoms with Gasteiger partial charge in [0.2, 0.25) is 0 Å². The van der Waals surface area contributed by atoms with E-state index in [1.807, 2.05) is 29.8 Å². The molecule has 0 radical (unpaired) electrons. The van der Waals surface area contributed by atoms with E-state index < -0.39 is 18.6 Å². The first-order valence-corrected chi connectivity index (χ1v) is 12.4. The third-order valence-electron chi connectivity index (χ3n) is 6.84. The van der Waals surface area contributed by atoms with Crippen molar-refractivity contribution in [2.24, 2.45) is 7.05 Å². The van der Waals surface area contributed by atoms with E-state index in [-0.39, 0.29) is 12.1 Å². The van der Waals surface area contributed by atoms with Gasteiger partial charge >= 0.3 is 0 Å². The van der Waals surface area contributed by atoms with Gasteiger partial charge in [-0.1, -0.05) is 24.8 Å². The molecule has 8 heteroatoms. The highest BCUT2D eigenvalue weighted by Gasteiger charge is 2.18. The van der Waals surface area contributed by atoms with Gasteiger partial charge in [0.1, 0.15) is 11.6 Å². The van der Waals surface area contributed by atoms with E-state index in [0.29, 0.717) is 5.57 Å². The molecule has 1 aliphatic rings. The third kappa shape index (κ3) is 6.57. The molecule has 1 fully saturated rings. The van der Waals surface area contributed by atoms with Crippen molar-refractivity contribution in [3.8, 4) is 17.3 Å². The Hall–Kier alpha value is -3.64. The Morgan fingerprint density at radius 1 is 1.22 bits per heavy atom. The lowest BCUT2D eigenvalue weighted by Gasteiger charge is -2.34. The molecule has 1 unspecified atom stereocenters. The number of nitrogens with zero attached hydrogens (tertiary/aromatic N) is 4. The van der Waals surface area contributed by atoms with Crippen LogP contribution in [0.1, 0.15) is 19.5 Å². The van der Waals surface area contributed by atoms with Crippen LogP contribution in [0.25, 0.3) is 29.5 Å². The fourth-order valence-corrected chi connectivity index (χ4v) is 4.46. The predicted octanol–water partition coefficient (Wildman–Crippen LogP) is 0.801. The summed E-state index contributed by atoms with van der Waals surface area (Å²) in [7, 11) is 4.04. The average molecular weight is 504 g/mol. The van der Waals surface area contributed by atoms with Crippen molar-refractivity contribution in [1.29, 1.82) is 5.26 Å². The highest BCUT2D eigenvalue weighted by Crippen LogP contribution is 2.26. The standard InChI is InChI=1S/C29H37N5O3/c1-6-24(34-13-11-32(4)12-14-34)16-22-7-8-23(15-20(22)2)28-10-9-27(33(28)5)21(3)26(17-30)29(37)31-18-25(36)19-35/h6-10,15-16,25,35-36H,2,11-14,18-19H2,1,3-5H3,(H,31,37)/b22-16-,24-6+,26-21+. The lowest BCUT2D eigenvalue weighted by Crippen LogP contribution is -2.43. The van der Waals surface area contributed by atoms with Crippen LogP contribution < -0.4 is 15.8 Å². The average Bonchev–Trinajstić information content (AvgIpc) is 3.28. The van der Waals surface area contributed by atoms with Crippen molar-refractivity contribution < 1.29 is 15.0 Å². The zero-order chi connectivity index (χ0) is 27.1. The third-order valence-corrected chi connectivity index (χ3v) is 6.84. The van der Waals surface area contributed by atoms with E-state index in [2.05, 4.69) is 66.0 Å². The minimum atomic E-state index is -1.08. The SMILES string of the molecule is C=c1cc(-c2ccc(/C(C)=C(\C#N)C(=O)NCC(O)CO)n2C)cc/c1=C/C(=C\C)N1CCN(C)CC1. The molecule has 1 aromatic heterocycles. The molecule has 1 saturated heterocycles. The maximum Gasteiger partial charge on any atom is 0.262 e. The number of hydrogen-bond donors (Lipinski definition) is 3. The van der Waals surface area contributed by atoms with Gasteiger partial charge in [-0.15, -0.1) is 0 Å². The zero-order valence-corrected chi connectivity index (χ0v) is 22.2. The van der Waals surface area contributed by atoms with Gasteiger partial charge in [0.25, 0.3) is 5.91 Å². The fraction of sp³-hybridized carbons (Fsp3) is 0.379. The number of amides is 1. The maximum atomic E-state index is 12.5. The lowest BCUT2D eigenvalue weighted by atomic mass is 10.1. The number of carbonyl (C=O) groups excluding carboxylic acids is 1. The number of aliphatic hydroxyl groups excluding tert-OH is 2. The van der Waals surface area contributed by atoms with E-state index in [9.17, 15) is 15.2 Å². The molecule has 1 amide bonds. The first kappa shape index (κ1) is 27.9. The molecule has 196 valence electrons. The number of rotatable bonds is 8. The second-order valence-electron chi connectivity index (χ2n) is 9.38. The summed E-state index contributed by atoms with van der Waals surface area (Å²) in [5.74, 6) is -0.588. The van der Waals surface area contributed by atoms with Crippen LogP contribution in [0.2, 0.25) is 0 Å². The number of nitriles is 1. The monoisotopic (exact) mass is 503 g/mol. The van der Waals surface area contributed by atoms with Crippen LogP contribution in [0.15, 0.2) is 47.7 Å². The van der Waals surface area contributed by atoms with Crippen LogP contribution in [0, 0.1) is 11.3 Å². The number of carbonyl (C=O) groups is 1. The highest BCUT2D eigenvalue weighted by atomic mass is 16.3. The number of piperazine rings is 1. The molecule has 2 aromatic rings.